The van der Waals surface area contributed by atoms with Crippen LogP contribution in [0.5, 0.6) is 0 Å². The molecule has 200 valence electrons. The highest BCUT2D eigenvalue weighted by Crippen LogP contribution is 2.08. The van der Waals surface area contributed by atoms with Gasteiger partial charge in [0.05, 0.1) is 6.04 Å². The van der Waals surface area contributed by atoms with Crippen molar-refractivity contribution in [3.8, 4) is 0 Å². The molecular formula is C24H37N5O6S. The lowest BCUT2D eigenvalue weighted by Gasteiger charge is -2.27. The van der Waals surface area contributed by atoms with Crippen LogP contribution in [0.3, 0.4) is 0 Å². The predicted octanol–water partition coefficient (Wildman–Crippen LogP) is -0.230. The molecule has 1 rings (SSSR count). The minimum atomic E-state index is -1.18. The zero-order valence-corrected chi connectivity index (χ0v) is 21.7. The minimum Gasteiger partial charge on any atom is -0.480 e. The maximum atomic E-state index is 13.1. The van der Waals surface area contributed by atoms with E-state index >= 15 is 0 Å². The van der Waals surface area contributed by atoms with Crippen molar-refractivity contribution in [2.75, 3.05) is 12.0 Å². The molecule has 0 saturated heterocycles. The van der Waals surface area contributed by atoms with Gasteiger partial charge in [-0.15, -0.1) is 0 Å². The Bertz CT molecular complexity index is 898. The first-order valence-corrected chi connectivity index (χ1v) is 13.1. The lowest BCUT2D eigenvalue weighted by atomic mass is 10.0. The second kappa shape index (κ2) is 15.8. The van der Waals surface area contributed by atoms with Gasteiger partial charge in [-0.25, -0.2) is 4.79 Å². The first-order chi connectivity index (χ1) is 17.0. The van der Waals surface area contributed by atoms with Crippen molar-refractivity contribution in [3.63, 3.8) is 0 Å². The summed E-state index contributed by atoms with van der Waals surface area (Å²) in [5.41, 5.74) is 12.1. The van der Waals surface area contributed by atoms with Crippen LogP contribution in [0.2, 0.25) is 0 Å². The number of carbonyl (C=O) groups is 5. The van der Waals surface area contributed by atoms with E-state index in [0.29, 0.717) is 5.75 Å². The lowest BCUT2D eigenvalue weighted by Crippen LogP contribution is -2.58. The Morgan fingerprint density at radius 3 is 2.06 bits per heavy atom. The van der Waals surface area contributed by atoms with Gasteiger partial charge in [0.15, 0.2) is 0 Å². The Balaban J connectivity index is 2.94. The van der Waals surface area contributed by atoms with Gasteiger partial charge in [-0.3, -0.25) is 19.2 Å². The first-order valence-electron chi connectivity index (χ1n) is 11.7. The molecule has 8 N–H and O–H groups in total. The van der Waals surface area contributed by atoms with Crippen LogP contribution in [-0.4, -0.2) is 70.9 Å². The summed E-state index contributed by atoms with van der Waals surface area (Å²) < 4.78 is 0. The van der Waals surface area contributed by atoms with E-state index in [-0.39, 0.29) is 25.7 Å². The SMILES string of the molecule is CSCCC(NC(=O)C(NC(=O)C(CCC(N)=O)NC(=O)C(N)Cc1ccccc1)C(C)C)C(=O)O. The van der Waals surface area contributed by atoms with E-state index in [2.05, 4.69) is 16.0 Å². The van der Waals surface area contributed by atoms with Gasteiger partial charge in [0.1, 0.15) is 18.1 Å². The van der Waals surface area contributed by atoms with Crippen molar-refractivity contribution in [1.82, 2.24) is 16.0 Å². The zero-order chi connectivity index (χ0) is 27.3. The minimum absolute atomic E-state index is 0.0944. The molecule has 4 unspecified atom stereocenters. The molecule has 1 aromatic carbocycles. The second-order valence-corrected chi connectivity index (χ2v) is 9.76. The van der Waals surface area contributed by atoms with Gasteiger partial charge in [0.2, 0.25) is 23.6 Å². The maximum Gasteiger partial charge on any atom is 0.326 e. The highest BCUT2D eigenvalue weighted by Gasteiger charge is 2.32. The van der Waals surface area contributed by atoms with E-state index in [4.69, 9.17) is 11.5 Å². The molecular weight excluding hydrogens is 486 g/mol. The van der Waals surface area contributed by atoms with Crippen LogP contribution in [-0.2, 0) is 30.4 Å². The third kappa shape index (κ3) is 11.1. The average Bonchev–Trinajstić information content (AvgIpc) is 2.82. The summed E-state index contributed by atoms with van der Waals surface area (Å²) in [4.78, 5) is 61.5. The van der Waals surface area contributed by atoms with Crippen LogP contribution < -0.4 is 27.4 Å². The van der Waals surface area contributed by atoms with Crippen molar-refractivity contribution in [1.29, 1.82) is 0 Å². The van der Waals surface area contributed by atoms with Crippen LogP contribution in [0, 0.1) is 5.92 Å². The predicted molar refractivity (Wildman–Crippen MR) is 138 cm³/mol. The second-order valence-electron chi connectivity index (χ2n) is 8.77. The van der Waals surface area contributed by atoms with E-state index in [1.165, 1.54) is 11.8 Å². The number of hydrogen-bond acceptors (Lipinski definition) is 7. The zero-order valence-electron chi connectivity index (χ0n) is 20.9. The number of thioether (sulfide) groups is 1. The van der Waals surface area contributed by atoms with Gasteiger partial charge in [-0.2, -0.15) is 11.8 Å². The number of carbonyl (C=O) groups excluding carboxylic acids is 4. The van der Waals surface area contributed by atoms with Crippen molar-refractivity contribution in [2.45, 2.75) is 63.7 Å². The number of nitrogens with one attached hydrogen (secondary N) is 3. The van der Waals surface area contributed by atoms with Crippen LogP contribution in [0.15, 0.2) is 30.3 Å². The fraction of sp³-hybridized carbons (Fsp3) is 0.542. The molecule has 0 spiro atoms. The molecule has 0 heterocycles. The number of carboxylic acids is 1. The van der Waals surface area contributed by atoms with E-state index < -0.39 is 59.7 Å². The Labute approximate surface area is 215 Å². The number of carboxylic acid groups (broad SMARTS) is 1. The molecule has 12 heteroatoms. The molecule has 4 amide bonds. The van der Waals surface area contributed by atoms with Gasteiger partial charge in [0, 0.05) is 6.42 Å². The Morgan fingerprint density at radius 1 is 0.917 bits per heavy atom. The standard InChI is InChI=1S/C24H37N5O6S/c1-14(2)20(23(33)28-18(24(34)35)11-12-36-3)29-22(32)17(9-10-19(26)30)27-21(31)16(25)13-15-7-5-4-6-8-15/h4-8,14,16-18,20H,9-13,25H2,1-3H3,(H2,26,30)(H,27,31)(H,28,33)(H,29,32)(H,34,35). The first kappa shape index (κ1) is 30.9. The third-order valence-corrected chi connectivity index (χ3v) is 6.06. The highest BCUT2D eigenvalue weighted by atomic mass is 32.2. The molecule has 11 nitrogen and oxygen atoms in total. The van der Waals surface area contributed by atoms with Crippen molar-refractivity contribution < 1.29 is 29.1 Å². The summed E-state index contributed by atoms with van der Waals surface area (Å²) in [5.74, 6) is -3.67. The number of nitrogens with two attached hydrogens (primary N) is 2. The Hall–Kier alpha value is -3.12. The fourth-order valence-electron chi connectivity index (χ4n) is 3.34. The number of amides is 4. The fourth-order valence-corrected chi connectivity index (χ4v) is 3.81. The molecule has 0 bridgehead atoms. The largest absolute Gasteiger partial charge is 0.480 e. The van der Waals surface area contributed by atoms with Crippen molar-refractivity contribution >= 4 is 41.4 Å². The quantitative estimate of drug-likeness (QED) is 0.171. The van der Waals surface area contributed by atoms with E-state index in [1.54, 1.807) is 13.8 Å². The molecule has 0 saturated carbocycles. The number of primary amides is 1. The summed E-state index contributed by atoms with van der Waals surface area (Å²) in [7, 11) is 0. The van der Waals surface area contributed by atoms with Gasteiger partial charge in [0.25, 0.3) is 0 Å². The average molecular weight is 524 g/mol. The lowest BCUT2D eigenvalue weighted by molar-refractivity contribution is -0.142. The monoisotopic (exact) mass is 523 g/mol. The number of rotatable bonds is 16. The third-order valence-electron chi connectivity index (χ3n) is 5.42. The Kier molecular flexibility index (Phi) is 13.6. The van der Waals surface area contributed by atoms with Gasteiger partial charge >= 0.3 is 5.97 Å². The Morgan fingerprint density at radius 2 is 1.53 bits per heavy atom. The molecule has 0 aliphatic rings. The molecule has 0 aromatic heterocycles. The number of hydrogen-bond donors (Lipinski definition) is 6. The molecule has 0 aliphatic heterocycles. The molecule has 0 fully saturated rings. The van der Waals surface area contributed by atoms with Crippen LogP contribution in [0.25, 0.3) is 0 Å². The van der Waals surface area contributed by atoms with E-state index in [1.807, 2.05) is 36.6 Å². The topological polar surface area (TPSA) is 194 Å². The smallest absolute Gasteiger partial charge is 0.326 e. The normalized spacial score (nSPS) is 14.2. The van der Waals surface area contributed by atoms with Crippen molar-refractivity contribution in [2.24, 2.45) is 17.4 Å². The van der Waals surface area contributed by atoms with E-state index in [9.17, 15) is 29.1 Å². The molecule has 36 heavy (non-hydrogen) atoms. The molecule has 0 radical (unpaired) electrons. The summed E-state index contributed by atoms with van der Waals surface area (Å²) >= 11 is 1.45. The summed E-state index contributed by atoms with van der Waals surface area (Å²) in [6.07, 6.45) is 2.01. The number of benzene rings is 1. The summed E-state index contributed by atoms with van der Waals surface area (Å²) in [5, 5.41) is 17.0. The van der Waals surface area contributed by atoms with Gasteiger partial charge in [-0.05, 0) is 42.8 Å². The van der Waals surface area contributed by atoms with Crippen LogP contribution >= 0.6 is 11.8 Å². The van der Waals surface area contributed by atoms with Crippen molar-refractivity contribution in [3.05, 3.63) is 35.9 Å². The van der Waals surface area contributed by atoms with E-state index in [0.717, 1.165) is 5.56 Å². The maximum absolute atomic E-state index is 13.1. The van der Waals surface area contributed by atoms with Gasteiger partial charge in [-0.1, -0.05) is 44.2 Å². The molecule has 1 aromatic rings. The summed E-state index contributed by atoms with van der Waals surface area (Å²) in [6.45, 7) is 3.38. The molecule has 4 atom stereocenters. The number of aliphatic carboxylic acids is 1. The molecule has 0 aliphatic carbocycles. The summed E-state index contributed by atoms with van der Waals surface area (Å²) in [6, 6.07) is 4.80. The van der Waals surface area contributed by atoms with Crippen LogP contribution in [0.1, 0.15) is 38.7 Å². The van der Waals surface area contributed by atoms with Crippen LogP contribution in [0.4, 0.5) is 0 Å². The highest BCUT2D eigenvalue weighted by molar-refractivity contribution is 7.98. The van der Waals surface area contributed by atoms with Gasteiger partial charge < -0.3 is 32.5 Å².